The highest BCUT2D eigenvalue weighted by molar-refractivity contribution is 14.0. The van der Waals surface area contributed by atoms with E-state index in [4.69, 9.17) is 4.42 Å². The van der Waals surface area contributed by atoms with Gasteiger partial charge in [-0.2, -0.15) is 0 Å². The van der Waals surface area contributed by atoms with Crippen molar-refractivity contribution in [1.29, 1.82) is 0 Å². The molecule has 140 valence electrons. The smallest absolute Gasteiger partial charge is 0.213 e. The van der Waals surface area contributed by atoms with E-state index in [2.05, 4.69) is 51.6 Å². The topological polar surface area (TPSA) is 93.2 Å². The minimum absolute atomic E-state index is 0. The monoisotopic (exact) mass is 461 g/mol. The molecule has 0 saturated heterocycles. The molecule has 2 aromatic rings. The standard InChI is InChI=1S/C16H27N7O.HI/c1-7-17-15(19-9-13-22-21-11(2)23(13)6)20-10-14-18-8-12(24-14)16(3,4)5;/h8H,7,9-10H2,1-6H3,(H2,17,19,20);1H. The van der Waals surface area contributed by atoms with Crippen molar-refractivity contribution in [3.63, 3.8) is 0 Å². The van der Waals surface area contributed by atoms with Gasteiger partial charge in [0.05, 0.1) is 12.7 Å². The second kappa shape index (κ2) is 9.16. The van der Waals surface area contributed by atoms with Gasteiger partial charge in [0.1, 0.15) is 18.1 Å². The third-order valence-corrected chi connectivity index (χ3v) is 3.61. The minimum atomic E-state index is -0.0487. The number of oxazole rings is 1. The lowest BCUT2D eigenvalue weighted by Gasteiger charge is -2.13. The van der Waals surface area contributed by atoms with Crippen molar-refractivity contribution in [1.82, 2.24) is 30.4 Å². The molecule has 25 heavy (non-hydrogen) atoms. The quantitative estimate of drug-likeness (QED) is 0.403. The first kappa shape index (κ1) is 21.4. The molecule has 0 aliphatic heterocycles. The normalized spacial score (nSPS) is 12.0. The van der Waals surface area contributed by atoms with Crippen molar-refractivity contribution < 1.29 is 4.42 Å². The third kappa shape index (κ3) is 5.98. The second-order valence-corrected chi connectivity index (χ2v) is 6.64. The number of rotatable bonds is 5. The lowest BCUT2D eigenvalue weighted by molar-refractivity contribution is 0.379. The maximum Gasteiger partial charge on any atom is 0.213 e. The van der Waals surface area contributed by atoms with E-state index in [0.717, 1.165) is 24.0 Å². The Bertz CT molecular complexity index is 700. The molecule has 0 bridgehead atoms. The van der Waals surface area contributed by atoms with E-state index in [9.17, 15) is 0 Å². The molecule has 2 heterocycles. The van der Waals surface area contributed by atoms with Crippen LogP contribution in [-0.4, -0.2) is 32.3 Å². The van der Waals surface area contributed by atoms with Crippen LogP contribution in [0, 0.1) is 6.92 Å². The Morgan fingerprint density at radius 1 is 1.28 bits per heavy atom. The van der Waals surface area contributed by atoms with Gasteiger partial charge in [-0.3, -0.25) is 0 Å². The summed E-state index contributed by atoms with van der Waals surface area (Å²) in [5, 5.41) is 14.6. The van der Waals surface area contributed by atoms with Gasteiger partial charge in [-0.1, -0.05) is 20.8 Å². The summed E-state index contributed by atoms with van der Waals surface area (Å²) in [5.74, 6) is 3.88. The van der Waals surface area contributed by atoms with Gasteiger partial charge in [0, 0.05) is 19.0 Å². The summed E-state index contributed by atoms with van der Waals surface area (Å²) < 4.78 is 7.71. The van der Waals surface area contributed by atoms with Crippen LogP contribution in [0.2, 0.25) is 0 Å². The molecule has 0 aliphatic carbocycles. The molecule has 0 spiro atoms. The van der Waals surface area contributed by atoms with E-state index in [1.54, 1.807) is 6.20 Å². The van der Waals surface area contributed by atoms with E-state index in [1.807, 2.05) is 25.5 Å². The molecule has 0 unspecified atom stereocenters. The van der Waals surface area contributed by atoms with Crippen LogP contribution in [0.5, 0.6) is 0 Å². The molecule has 0 radical (unpaired) electrons. The number of aliphatic imine (C=N–C) groups is 1. The Morgan fingerprint density at radius 3 is 2.52 bits per heavy atom. The molecule has 2 rings (SSSR count). The molecule has 2 aromatic heterocycles. The summed E-state index contributed by atoms with van der Waals surface area (Å²) in [6.45, 7) is 11.9. The molecule has 0 aromatic carbocycles. The number of hydrogen-bond acceptors (Lipinski definition) is 5. The maximum absolute atomic E-state index is 5.78. The number of hydrogen-bond donors (Lipinski definition) is 2. The van der Waals surface area contributed by atoms with Gasteiger partial charge < -0.3 is 19.6 Å². The van der Waals surface area contributed by atoms with Crippen LogP contribution >= 0.6 is 24.0 Å². The summed E-state index contributed by atoms with van der Waals surface area (Å²) >= 11 is 0. The molecule has 0 saturated carbocycles. The van der Waals surface area contributed by atoms with Crippen molar-refractivity contribution in [2.75, 3.05) is 6.54 Å². The van der Waals surface area contributed by atoms with Crippen LogP contribution in [0.1, 0.15) is 51.0 Å². The van der Waals surface area contributed by atoms with Crippen LogP contribution in [0.15, 0.2) is 15.6 Å². The maximum atomic E-state index is 5.78. The predicted octanol–water partition coefficient (Wildman–Crippen LogP) is 2.28. The highest BCUT2D eigenvalue weighted by Gasteiger charge is 2.19. The van der Waals surface area contributed by atoms with Crippen molar-refractivity contribution >= 4 is 29.9 Å². The number of aryl methyl sites for hydroxylation is 1. The molecule has 9 heteroatoms. The number of guanidine groups is 1. The van der Waals surface area contributed by atoms with Crippen LogP contribution in [-0.2, 0) is 25.6 Å². The lowest BCUT2D eigenvalue weighted by Crippen LogP contribution is -2.37. The average Bonchev–Trinajstić information content (AvgIpc) is 3.11. The van der Waals surface area contributed by atoms with E-state index >= 15 is 0 Å². The summed E-state index contributed by atoms with van der Waals surface area (Å²) in [4.78, 5) is 8.84. The van der Waals surface area contributed by atoms with Crippen LogP contribution in [0.4, 0.5) is 0 Å². The number of nitrogens with zero attached hydrogens (tertiary/aromatic N) is 5. The Kier molecular flexibility index (Phi) is 7.84. The lowest BCUT2D eigenvalue weighted by atomic mass is 9.94. The van der Waals surface area contributed by atoms with Crippen LogP contribution in [0.25, 0.3) is 0 Å². The molecule has 8 nitrogen and oxygen atoms in total. The molecule has 0 amide bonds. The summed E-state index contributed by atoms with van der Waals surface area (Å²) in [7, 11) is 1.93. The third-order valence-electron chi connectivity index (χ3n) is 3.61. The second-order valence-electron chi connectivity index (χ2n) is 6.64. The summed E-state index contributed by atoms with van der Waals surface area (Å²) in [6, 6.07) is 0. The molecule has 0 aliphatic rings. The van der Waals surface area contributed by atoms with Gasteiger partial charge in [0.25, 0.3) is 0 Å². The largest absolute Gasteiger partial charge is 0.443 e. The summed E-state index contributed by atoms with van der Waals surface area (Å²) in [6.07, 6.45) is 1.78. The first-order chi connectivity index (χ1) is 11.3. The fourth-order valence-corrected chi connectivity index (χ4v) is 1.98. The molecular formula is C16H28IN7O. The SMILES string of the molecule is CCNC(=NCc1nnc(C)n1C)NCc1ncc(C(C)(C)C)o1.I. The zero-order valence-corrected chi connectivity index (χ0v) is 18.1. The fraction of sp³-hybridized carbons (Fsp3) is 0.625. The molecule has 2 N–H and O–H groups in total. The van der Waals surface area contributed by atoms with Gasteiger partial charge in [-0.05, 0) is 13.8 Å². The Hall–Kier alpha value is -1.65. The first-order valence-corrected chi connectivity index (χ1v) is 8.13. The van der Waals surface area contributed by atoms with Gasteiger partial charge in [-0.25, -0.2) is 9.98 Å². The molecule has 0 fully saturated rings. The zero-order chi connectivity index (χ0) is 17.7. The van der Waals surface area contributed by atoms with E-state index in [-0.39, 0.29) is 29.4 Å². The van der Waals surface area contributed by atoms with Crippen LogP contribution in [0.3, 0.4) is 0 Å². The molecule has 0 atom stereocenters. The highest BCUT2D eigenvalue weighted by atomic mass is 127. The average molecular weight is 461 g/mol. The van der Waals surface area contributed by atoms with E-state index < -0.39 is 0 Å². The van der Waals surface area contributed by atoms with E-state index in [1.165, 1.54) is 0 Å². The van der Waals surface area contributed by atoms with Crippen molar-refractivity contribution in [3.8, 4) is 0 Å². The minimum Gasteiger partial charge on any atom is -0.443 e. The summed E-state index contributed by atoms with van der Waals surface area (Å²) in [5.41, 5.74) is -0.0487. The Balaban J connectivity index is 0.00000312. The zero-order valence-electron chi connectivity index (χ0n) is 15.8. The predicted molar refractivity (Wildman–Crippen MR) is 108 cm³/mol. The van der Waals surface area contributed by atoms with E-state index in [0.29, 0.717) is 24.9 Å². The number of nitrogens with one attached hydrogen (secondary N) is 2. The molecular weight excluding hydrogens is 433 g/mol. The first-order valence-electron chi connectivity index (χ1n) is 8.13. The highest BCUT2D eigenvalue weighted by Crippen LogP contribution is 2.22. The Morgan fingerprint density at radius 2 is 2.00 bits per heavy atom. The fourth-order valence-electron chi connectivity index (χ4n) is 1.98. The van der Waals surface area contributed by atoms with Crippen molar-refractivity contribution in [3.05, 3.63) is 29.5 Å². The van der Waals surface area contributed by atoms with Crippen molar-refractivity contribution in [2.24, 2.45) is 12.0 Å². The van der Waals surface area contributed by atoms with Crippen molar-refractivity contribution in [2.45, 2.75) is 53.1 Å². The van der Waals surface area contributed by atoms with Gasteiger partial charge in [0.2, 0.25) is 5.89 Å². The number of halogens is 1. The van der Waals surface area contributed by atoms with Crippen LogP contribution < -0.4 is 10.6 Å². The van der Waals surface area contributed by atoms with Gasteiger partial charge >= 0.3 is 0 Å². The Labute approximate surface area is 165 Å². The van der Waals surface area contributed by atoms with Gasteiger partial charge in [-0.15, -0.1) is 34.2 Å². The van der Waals surface area contributed by atoms with Gasteiger partial charge in [0.15, 0.2) is 11.8 Å². The number of aromatic nitrogens is 4.